The number of hydrogen-bond donors (Lipinski definition) is 1. The van der Waals surface area contributed by atoms with E-state index in [2.05, 4.69) is 5.32 Å². The highest BCUT2D eigenvalue weighted by molar-refractivity contribution is 7.17. The van der Waals surface area contributed by atoms with Crippen LogP contribution in [0.2, 0.25) is 0 Å². The minimum Gasteiger partial charge on any atom is -0.462 e. The molecule has 29 heavy (non-hydrogen) atoms. The van der Waals surface area contributed by atoms with E-state index >= 15 is 0 Å². The predicted octanol–water partition coefficient (Wildman–Crippen LogP) is 5.00. The second-order valence-electron chi connectivity index (χ2n) is 5.79. The lowest BCUT2D eigenvalue weighted by molar-refractivity contribution is 0.0532. The molecule has 6 nitrogen and oxygen atoms in total. The number of aromatic nitrogens is 1. The van der Waals surface area contributed by atoms with Crippen LogP contribution in [0.25, 0.3) is 21.8 Å². The zero-order valence-electron chi connectivity index (χ0n) is 15.5. The monoisotopic (exact) mass is 400 g/mol. The van der Waals surface area contributed by atoms with Gasteiger partial charge in [0.05, 0.1) is 12.3 Å². The Kier molecular flexibility index (Phi) is 6.36. The first-order valence-corrected chi connectivity index (χ1v) is 9.58. The van der Waals surface area contributed by atoms with E-state index in [0.717, 1.165) is 11.1 Å². The van der Waals surface area contributed by atoms with Crippen molar-refractivity contribution in [2.75, 3.05) is 11.9 Å². The number of thiazole rings is 1. The molecule has 2 aromatic carbocycles. The Labute approximate surface area is 172 Å². The van der Waals surface area contributed by atoms with Crippen molar-refractivity contribution < 1.29 is 9.53 Å². The van der Waals surface area contributed by atoms with E-state index in [1.165, 1.54) is 17.5 Å². The number of allylic oxidation sites excluding steroid dienone is 1. The van der Waals surface area contributed by atoms with Crippen molar-refractivity contribution in [3.8, 4) is 34.0 Å². The van der Waals surface area contributed by atoms with Gasteiger partial charge in [0, 0.05) is 23.0 Å². The molecule has 0 bridgehead atoms. The lowest BCUT2D eigenvalue weighted by Gasteiger charge is -2.03. The van der Waals surface area contributed by atoms with Crippen molar-refractivity contribution in [1.29, 1.82) is 10.5 Å². The van der Waals surface area contributed by atoms with Crippen molar-refractivity contribution in [3.05, 3.63) is 71.2 Å². The maximum absolute atomic E-state index is 12.5. The molecule has 7 heteroatoms. The SMILES string of the molecule is CCOC(=O)c1sc(-c2cccc(NC=C(C#N)C#N)c2)nc1-c1ccccc1. The number of hydrogen-bond acceptors (Lipinski definition) is 7. The standard InChI is InChI=1S/C22H16N4O2S/c1-2-28-22(27)20-19(16-7-4-3-5-8-16)26-21(29-20)17-9-6-10-18(11-17)25-14-15(12-23)13-24/h3-11,14,25H,2H2,1H3. The van der Waals surface area contributed by atoms with Crippen molar-refractivity contribution >= 4 is 23.0 Å². The van der Waals surface area contributed by atoms with Gasteiger partial charge < -0.3 is 10.1 Å². The molecule has 0 radical (unpaired) electrons. The minimum atomic E-state index is -0.403. The molecule has 1 N–H and O–H groups in total. The summed E-state index contributed by atoms with van der Waals surface area (Å²) in [5.74, 6) is -0.403. The fourth-order valence-electron chi connectivity index (χ4n) is 2.56. The van der Waals surface area contributed by atoms with E-state index in [-0.39, 0.29) is 12.2 Å². The van der Waals surface area contributed by atoms with E-state index in [4.69, 9.17) is 20.2 Å². The zero-order chi connectivity index (χ0) is 20.6. The third-order valence-electron chi connectivity index (χ3n) is 3.87. The summed E-state index contributed by atoms with van der Waals surface area (Å²) in [5, 5.41) is 21.3. The van der Waals surface area contributed by atoms with Crippen molar-refractivity contribution in [1.82, 2.24) is 4.98 Å². The summed E-state index contributed by atoms with van der Waals surface area (Å²) >= 11 is 1.26. The topological polar surface area (TPSA) is 98.8 Å². The predicted molar refractivity (Wildman–Crippen MR) is 112 cm³/mol. The van der Waals surface area contributed by atoms with Gasteiger partial charge in [-0.1, -0.05) is 42.5 Å². The molecule has 0 saturated heterocycles. The average molecular weight is 400 g/mol. The molecule has 3 aromatic rings. The average Bonchev–Trinajstić information content (AvgIpc) is 3.21. The smallest absolute Gasteiger partial charge is 0.350 e. The highest BCUT2D eigenvalue weighted by Crippen LogP contribution is 2.35. The first-order valence-electron chi connectivity index (χ1n) is 8.77. The summed E-state index contributed by atoms with van der Waals surface area (Å²) in [4.78, 5) is 17.6. The van der Waals surface area contributed by atoms with E-state index in [1.807, 2.05) is 54.6 Å². The second-order valence-corrected chi connectivity index (χ2v) is 6.79. The van der Waals surface area contributed by atoms with Gasteiger partial charge in [-0.2, -0.15) is 10.5 Å². The quantitative estimate of drug-likeness (QED) is 0.462. The summed E-state index contributed by atoms with van der Waals surface area (Å²) < 4.78 is 5.20. The van der Waals surface area contributed by atoms with Crippen LogP contribution in [0.4, 0.5) is 5.69 Å². The number of esters is 1. The maximum atomic E-state index is 12.5. The molecule has 0 atom stereocenters. The number of benzene rings is 2. The van der Waals surface area contributed by atoms with E-state index in [9.17, 15) is 4.79 Å². The summed E-state index contributed by atoms with van der Waals surface area (Å²) in [6.07, 6.45) is 1.35. The largest absolute Gasteiger partial charge is 0.462 e. The zero-order valence-corrected chi connectivity index (χ0v) is 16.4. The number of ether oxygens (including phenoxy) is 1. The van der Waals surface area contributed by atoms with Crippen molar-refractivity contribution in [2.45, 2.75) is 6.92 Å². The van der Waals surface area contributed by atoms with Gasteiger partial charge in [0.15, 0.2) is 0 Å². The molecule has 0 unspecified atom stereocenters. The minimum absolute atomic E-state index is 0.0272. The van der Waals surface area contributed by atoms with Gasteiger partial charge in [-0.3, -0.25) is 0 Å². The van der Waals surface area contributed by atoms with Gasteiger partial charge in [-0.15, -0.1) is 11.3 Å². The van der Waals surface area contributed by atoms with Gasteiger partial charge in [0.2, 0.25) is 0 Å². The first kappa shape index (κ1) is 19.8. The molecule has 142 valence electrons. The second kappa shape index (κ2) is 9.32. The summed E-state index contributed by atoms with van der Waals surface area (Å²) in [6, 6.07) is 20.4. The molecule has 0 fully saturated rings. The van der Waals surface area contributed by atoms with Gasteiger partial charge >= 0.3 is 5.97 Å². The lowest BCUT2D eigenvalue weighted by Crippen LogP contribution is -2.03. The fourth-order valence-corrected chi connectivity index (χ4v) is 3.53. The van der Waals surface area contributed by atoms with Crippen LogP contribution < -0.4 is 5.32 Å². The third kappa shape index (κ3) is 4.67. The fraction of sp³-hybridized carbons (Fsp3) is 0.0909. The van der Waals surface area contributed by atoms with E-state index < -0.39 is 5.97 Å². The Hall–Kier alpha value is -3.94. The van der Waals surface area contributed by atoms with Gasteiger partial charge in [0.25, 0.3) is 0 Å². The molecule has 0 aliphatic heterocycles. The van der Waals surface area contributed by atoms with Gasteiger partial charge in [-0.05, 0) is 19.1 Å². The Morgan fingerprint density at radius 1 is 1.14 bits per heavy atom. The molecule has 3 rings (SSSR count). The number of nitriles is 2. The number of carbonyl (C=O) groups is 1. The maximum Gasteiger partial charge on any atom is 0.350 e. The summed E-state index contributed by atoms with van der Waals surface area (Å²) in [5.41, 5.74) is 2.89. The van der Waals surface area contributed by atoms with Crippen LogP contribution in [-0.2, 0) is 4.74 Å². The molecule has 1 aromatic heterocycles. The molecule has 0 aliphatic rings. The molecule has 0 spiro atoms. The Morgan fingerprint density at radius 2 is 1.86 bits per heavy atom. The summed E-state index contributed by atoms with van der Waals surface area (Å²) in [7, 11) is 0. The van der Waals surface area contributed by atoms with Crippen LogP contribution in [0.15, 0.2) is 66.4 Å². The van der Waals surface area contributed by atoms with Gasteiger partial charge in [-0.25, -0.2) is 9.78 Å². The number of nitrogens with one attached hydrogen (secondary N) is 1. The van der Waals surface area contributed by atoms with E-state index in [0.29, 0.717) is 21.3 Å². The van der Waals surface area contributed by atoms with Crippen molar-refractivity contribution in [3.63, 3.8) is 0 Å². The van der Waals surface area contributed by atoms with Crippen LogP contribution in [0, 0.1) is 22.7 Å². The van der Waals surface area contributed by atoms with Gasteiger partial charge in [0.1, 0.15) is 27.6 Å². The number of nitrogens with zero attached hydrogens (tertiary/aromatic N) is 3. The molecule has 0 saturated carbocycles. The molecular weight excluding hydrogens is 384 g/mol. The summed E-state index contributed by atoms with van der Waals surface area (Å²) in [6.45, 7) is 2.05. The van der Waals surface area contributed by atoms with Crippen LogP contribution in [0.5, 0.6) is 0 Å². The Morgan fingerprint density at radius 3 is 2.55 bits per heavy atom. The van der Waals surface area contributed by atoms with Crippen LogP contribution in [0.3, 0.4) is 0 Å². The third-order valence-corrected chi connectivity index (χ3v) is 4.95. The molecular formula is C22H16N4O2S. The van der Waals surface area contributed by atoms with Crippen molar-refractivity contribution in [2.24, 2.45) is 0 Å². The number of anilines is 1. The number of rotatable bonds is 6. The number of carbonyl (C=O) groups excluding carboxylic acids is 1. The van der Waals surface area contributed by atoms with Crippen LogP contribution >= 0.6 is 11.3 Å². The first-order chi connectivity index (χ1) is 14.2. The molecule has 0 aliphatic carbocycles. The van der Waals surface area contributed by atoms with Crippen LogP contribution in [-0.4, -0.2) is 17.6 Å². The molecule has 1 heterocycles. The van der Waals surface area contributed by atoms with Crippen LogP contribution in [0.1, 0.15) is 16.6 Å². The Balaban J connectivity index is 2.00. The highest BCUT2D eigenvalue weighted by atomic mass is 32.1. The molecule has 0 amide bonds. The lowest BCUT2D eigenvalue weighted by atomic mass is 10.1. The van der Waals surface area contributed by atoms with E-state index in [1.54, 1.807) is 19.1 Å². The normalized spacial score (nSPS) is 9.76. The highest BCUT2D eigenvalue weighted by Gasteiger charge is 2.21. The Bertz CT molecular complexity index is 1120.